The number of aromatic nitrogens is 1. The fraction of sp³-hybridized carbons (Fsp3) is 0.421. The van der Waals surface area contributed by atoms with Gasteiger partial charge in [-0.1, -0.05) is 32.9 Å². The molecule has 2 N–H and O–H groups in total. The van der Waals surface area contributed by atoms with E-state index in [1.807, 2.05) is 12.1 Å². The van der Waals surface area contributed by atoms with Crippen LogP contribution in [0.15, 0.2) is 35.8 Å². The van der Waals surface area contributed by atoms with Crippen molar-refractivity contribution >= 4 is 38.1 Å². The van der Waals surface area contributed by atoms with Gasteiger partial charge in [0.1, 0.15) is 15.9 Å². The van der Waals surface area contributed by atoms with Gasteiger partial charge >= 0.3 is 0 Å². The van der Waals surface area contributed by atoms with Crippen molar-refractivity contribution in [3.8, 4) is 0 Å². The molecule has 152 valence electrons. The maximum atomic E-state index is 12.6. The monoisotopic (exact) mass is 423 g/mol. The number of hydrogen-bond acceptors (Lipinski definition) is 6. The first-order chi connectivity index (χ1) is 13.0. The summed E-state index contributed by atoms with van der Waals surface area (Å²) in [5.41, 5.74) is 1.44. The maximum Gasteiger partial charge on any atom is 0.251 e. The van der Waals surface area contributed by atoms with Gasteiger partial charge in [0.25, 0.3) is 5.91 Å². The molecule has 9 heteroatoms. The Kier molecular flexibility index (Phi) is 6.95. The molecule has 1 atom stereocenters. The zero-order valence-electron chi connectivity index (χ0n) is 16.4. The molecule has 2 amide bonds. The van der Waals surface area contributed by atoms with Gasteiger partial charge in [-0.2, -0.15) is 0 Å². The van der Waals surface area contributed by atoms with E-state index in [1.165, 1.54) is 11.3 Å². The van der Waals surface area contributed by atoms with Crippen LogP contribution < -0.4 is 10.6 Å². The van der Waals surface area contributed by atoms with Gasteiger partial charge in [-0.05, 0) is 29.5 Å². The van der Waals surface area contributed by atoms with Crippen LogP contribution in [0.25, 0.3) is 0 Å². The van der Waals surface area contributed by atoms with Crippen molar-refractivity contribution in [1.82, 2.24) is 10.3 Å². The molecular weight excluding hydrogens is 398 g/mol. The summed E-state index contributed by atoms with van der Waals surface area (Å²) >= 11 is 1.24. The van der Waals surface area contributed by atoms with Gasteiger partial charge in [-0.15, -0.1) is 11.3 Å². The van der Waals surface area contributed by atoms with Crippen LogP contribution in [0.2, 0.25) is 0 Å². The van der Waals surface area contributed by atoms with E-state index in [9.17, 15) is 18.0 Å². The fourth-order valence-electron chi connectivity index (χ4n) is 2.44. The molecule has 0 spiro atoms. The van der Waals surface area contributed by atoms with E-state index < -0.39 is 27.7 Å². The predicted molar refractivity (Wildman–Crippen MR) is 111 cm³/mol. The first-order valence-corrected chi connectivity index (χ1v) is 11.7. The third-order valence-corrected chi connectivity index (χ3v) is 5.74. The quantitative estimate of drug-likeness (QED) is 0.712. The van der Waals surface area contributed by atoms with E-state index >= 15 is 0 Å². The highest BCUT2D eigenvalue weighted by Crippen LogP contribution is 2.22. The van der Waals surface area contributed by atoms with Crippen molar-refractivity contribution in [2.75, 3.05) is 17.3 Å². The van der Waals surface area contributed by atoms with Crippen LogP contribution in [0.5, 0.6) is 0 Å². The second-order valence-electron chi connectivity index (χ2n) is 7.60. The number of nitrogens with one attached hydrogen (secondary N) is 2. The Morgan fingerprint density at radius 2 is 1.82 bits per heavy atom. The molecule has 0 aliphatic rings. The molecule has 28 heavy (non-hydrogen) atoms. The van der Waals surface area contributed by atoms with Crippen LogP contribution in [-0.2, 0) is 20.0 Å². The lowest BCUT2D eigenvalue weighted by molar-refractivity contribution is -0.118. The highest BCUT2D eigenvalue weighted by molar-refractivity contribution is 7.90. The number of hydrogen-bond donors (Lipinski definition) is 2. The molecule has 1 aromatic heterocycles. The Hall–Kier alpha value is -2.26. The third kappa shape index (κ3) is 6.72. The molecule has 0 aliphatic heterocycles. The standard InChI is InChI=1S/C19H25N3O4S2/c1-19(2,3)14-7-5-13(6-8-14)16(23)21-15(9-12-28(4,25)26)17(24)22-18-20-10-11-27-18/h5-8,10-11,15H,9,12H2,1-4H3,(H,21,23)(H,20,22,24)/t15-/m0/s1. The molecular formula is C19H25N3O4S2. The van der Waals surface area contributed by atoms with Gasteiger partial charge in [0.2, 0.25) is 5.91 Å². The number of amides is 2. The van der Waals surface area contributed by atoms with Gasteiger partial charge < -0.3 is 10.6 Å². The minimum Gasteiger partial charge on any atom is -0.340 e. The van der Waals surface area contributed by atoms with Crippen LogP contribution in [0.1, 0.15) is 43.1 Å². The molecule has 0 radical (unpaired) electrons. The van der Waals surface area contributed by atoms with E-state index in [4.69, 9.17) is 0 Å². The van der Waals surface area contributed by atoms with Gasteiger partial charge in [-0.25, -0.2) is 13.4 Å². The van der Waals surface area contributed by atoms with Crippen LogP contribution in [-0.4, -0.2) is 43.3 Å². The van der Waals surface area contributed by atoms with Crippen molar-refractivity contribution in [3.63, 3.8) is 0 Å². The van der Waals surface area contributed by atoms with Crippen LogP contribution in [0, 0.1) is 0 Å². The van der Waals surface area contributed by atoms with Crippen LogP contribution >= 0.6 is 11.3 Å². The van der Waals surface area contributed by atoms with E-state index in [0.29, 0.717) is 10.7 Å². The Morgan fingerprint density at radius 3 is 2.32 bits per heavy atom. The van der Waals surface area contributed by atoms with Crippen molar-refractivity contribution in [2.45, 2.75) is 38.6 Å². The Morgan fingerprint density at radius 1 is 1.18 bits per heavy atom. The van der Waals surface area contributed by atoms with Crippen molar-refractivity contribution in [1.29, 1.82) is 0 Å². The minimum atomic E-state index is -3.28. The average Bonchev–Trinajstić information content (AvgIpc) is 3.09. The number of benzene rings is 1. The number of rotatable bonds is 7. The molecule has 0 bridgehead atoms. The topological polar surface area (TPSA) is 105 Å². The molecule has 1 aromatic carbocycles. The molecule has 7 nitrogen and oxygen atoms in total. The lowest BCUT2D eigenvalue weighted by Gasteiger charge is -2.20. The predicted octanol–water partition coefficient (Wildman–Crippen LogP) is 2.61. The Labute approximate surface area is 169 Å². The molecule has 0 saturated heterocycles. The Balaban J connectivity index is 2.13. The normalized spacial score (nSPS) is 13.0. The van der Waals surface area contributed by atoms with Gasteiger partial charge in [-0.3, -0.25) is 9.59 Å². The van der Waals surface area contributed by atoms with E-state index in [1.54, 1.807) is 23.7 Å². The fourth-order valence-corrected chi connectivity index (χ4v) is 3.64. The maximum absolute atomic E-state index is 12.6. The molecule has 0 aliphatic carbocycles. The summed E-state index contributed by atoms with van der Waals surface area (Å²) in [6.45, 7) is 6.23. The van der Waals surface area contributed by atoms with Gasteiger partial charge in [0, 0.05) is 23.4 Å². The van der Waals surface area contributed by atoms with E-state index in [2.05, 4.69) is 36.4 Å². The lowest BCUT2D eigenvalue weighted by Crippen LogP contribution is -2.44. The number of thiazole rings is 1. The summed E-state index contributed by atoms with van der Waals surface area (Å²) in [5, 5.41) is 7.33. The van der Waals surface area contributed by atoms with Crippen molar-refractivity contribution < 1.29 is 18.0 Å². The molecule has 0 fully saturated rings. The van der Waals surface area contributed by atoms with Gasteiger partial charge in [0.05, 0.1) is 5.75 Å². The minimum absolute atomic E-state index is 0.0259. The van der Waals surface area contributed by atoms with Crippen LogP contribution in [0.4, 0.5) is 5.13 Å². The lowest BCUT2D eigenvalue weighted by atomic mass is 9.86. The first kappa shape index (κ1) is 22.0. The molecule has 0 saturated carbocycles. The summed E-state index contributed by atoms with van der Waals surface area (Å²) in [6, 6.07) is 6.14. The zero-order chi connectivity index (χ0) is 20.9. The molecule has 0 unspecified atom stereocenters. The SMILES string of the molecule is CC(C)(C)c1ccc(C(=O)N[C@@H](CCS(C)(=O)=O)C(=O)Nc2nccs2)cc1. The van der Waals surface area contributed by atoms with E-state index in [0.717, 1.165) is 11.8 Å². The Bertz CT molecular complexity index is 915. The smallest absolute Gasteiger partial charge is 0.251 e. The summed E-state index contributed by atoms with van der Waals surface area (Å²) in [6.07, 6.45) is 2.61. The molecule has 2 rings (SSSR count). The summed E-state index contributed by atoms with van der Waals surface area (Å²) in [5.74, 6) is -1.15. The molecule has 2 aromatic rings. The molecule has 1 heterocycles. The van der Waals surface area contributed by atoms with Crippen LogP contribution in [0.3, 0.4) is 0 Å². The van der Waals surface area contributed by atoms with Gasteiger partial charge in [0.15, 0.2) is 5.13 Å². The van der Waals surface area contributed by atoms with Crippen molar-refractivity contribution in [2.24, 2.45) is 0 Å². The van der Waals surface area contributed by atoms with Crippen molar-refractivity contribution in [3.05, 3.63) is 47.0 Å². The zero-order valence-corrected chi connectivity index (χ0v) is 18.0. The number of carbonyl (C=O) groups excluding carboxylic acids is 2. The number of nitrogens with zero attached hydrogens (tertiary/aromatic N) is 1. The van der Waals surface area contributed by atoms with E-state index in [-0.39, 0.29) is 17.6 Å². The third-order valence-electron chi connectivity index (χ3n) is 4.07. The number of carbonyl (C=O) groups is 2. The number of sulfone groups is 1. The second-order valence-corrected chi connectivity index (χ2v) is 10.8. The highest BCUT2D eigenvalue weighted by Gasteiger charge is 2.24. The largest absolute Gasteiger partial charge is 0.340 e. The highest BCUT2D eigenvalue weighted by atomic mass is 32.2. The summed E-state index contributed by atoms with van der Waals surface area (Å²) < 4.78 is 23.0. The summed E-state index contributed by atoms with van der Waals surface area (Å²) in [7, 11) is -3.28. The average molecular weight is 424 g/mol. The summed E-state index contributed by atoms with van der Waals surface area (Å²) in [4.78, 5) is 29.1. The number of anilines is 1. The second kappa shape index (κ2) is 8.83. The first-order valence-electron chi connectivity index (χ1n) is 8.75.